The maximum absolute atomic E-state index is 5.82. The molecule has 0 atom stereocenters. The van der Waals surface area contributed by atoms with E-state index in [2.05, 4.69) is 24.1 Å². The van der Waals surface area contributed by atoms with Crippen LogP contribution in [0.15, 0.2) is 18.3 Å². The number of pyridine rings is 1. The Balaban J connectivity index is 1.97. The number of rotatable bonds is 4. The Morgan fingerprint density at radius 1 is 1.53 bits per heavy atom. The third kappa shape index (κ3) is 2.06. The number of hydrogen-bond acceptors (Lipinski definition) is 3. The fraction of sp³-hybridized carbons (Fsp3) is 0.583. The van der Waals surface area contributed by atoms with Crippen LogP contribution in [0.4, 0.5) is 11.5 Å². The first-order chi connectivity index (χ1) is 7.14. The molecule has 3 N–H and O–H groups in total. The molecule has 1 heterocycles. The average molecular weight is 205 g/mol. The second-order valence-corrected chi connectivity index (χ2v) is 4.81. The summed E-state index contributed by atoms with van der Waals surface area (Å²) in [6.45, 7) is 5.57. The van der Waals surface area contributed by atoms with Crippen LogP contribution < -0.4 is 11.1 Å². The highest BCUT2D eigenvalue weighted by Gasteiger charge is 2.44. The van der Waals surface area contributed by atoms with E-state index in [-0.39, 0.29) is 0 Å². The molecular weight excluding hydrogens is 186 g/mol. The minimum Gasteiger partial charge on any atom is -0.396 e. The number of aromatic nitrogens is 1. The molecule has 0 bridgehead atoms. The summed E-state index contributed by atoms with van der Waals surface area (Å²) in [4.78, 5) is 4.23. The van der Waals surface area contributed by atoms with E-state index in [1.54, 1.807) is 6.20 Å². The smallest absolute Gasteiger partial charge is 0.149 e. The molecule has 1 saturated carbocycles. The van der Waals surface area contributed by atoms with Gasteiger partial charge in [0.15, 0.2) is 0 Å². The highest BCUT2D eigenvalue weighted by Crippen LogP contribution is 2.51. The van der Waals surface area contributed by atoms with Crippen LogP contribution in [0.5, 0.6) is 0 Å². The van der Waals surface area contributed by atoms with Gasteiger partial charge in [0.25, 0.3) is 0 Å². The summed E-state index contributed by atoms with van der Waals surface area (Å²) >= 11 is 0. The quantitative estimate of drug-likeness (QED) is 0.794. The van der Waals surface area contributed by atoms with Gasteiger partial charge in [-0.1, -0.05) is 13.8 Å². The number of anilines is 2. The summed E-state index contributed by atoms with van der Waals surface area (Å²) in [5.41, 5.74) is 7.04. The van der Waals surface area contributed by atoms with Crippen LogP contribution in [-0.2, 0) is 0 Å². The van der Waals surface area contributed by atoms with Gasteiger partial charge in [0.2, 0.25) is 0 Å². The van der Waals surface area contributed by atoms with Gasteiger partial charge in [-0.05, 0) is 36.3 Å². The fourth-order valence-corrected chi connectivity index (χ4v) is 1.94. The standard InChI is InChI=1S/C12H19N3/c1-9(2)12(5-6-12)8-15-11-10(13)4-3-7-14-11/h3-4,7,9H,5-6,8,13H2,1-2H3,(H,14,15). The number of nitrogens with zero attached hydrogens (tertiary/aromatic N) is 1. The summed E-state index contributed by atoms with van der Waals surface area (Å²) < 4.78 is 0. The van der Waals surface area contributed by atoms with E-state index in [1.807, 2.05) is 12.1 Å². The lowest BCUT2D eigenvalue weighted by molar-refractivity contribution is 0.380. The van der Waals surface area contributed by atoms with Gasteiger partial charge in [-0.25, -0.2) is 4.98 Å². The van der Waals surface area contributed by atoms with E-state index < -0.39 is 0 Å². The Hall–Kier alpha value is -1.25. The molecule has 1 aromatic rings. The summed E-state index contributed by atoms with van der Waals surface area (Å²) in [6.07, 6.45) is 4.42. The predicted octanol–water partition coefficient (Wildman–Crippen LogP) is 2.51. The van der Waals surface area contributed by atoms with Crippen LogP contribution in [0.25, 0.3) is 0 Å². The van der Waals surface area contributed by atoms with Crippen molar-refractivity contribution >= 4 is 11.5 Å². The maximum Gasteiger partial charge on any atom is 0.149 e. The largest absolute Gasteiger partial charge is 0.396 e. The molecule has 82 valence electrons. The zero-order valence-electron chi connectivity index (χ0n) is 9.46. The van der Waals surface area contributed by atoms with Crippen LogP contribution in [-0.4, -0.2) is 11.5 Å². The number of nitrogens with two attached hydrogens (primary N) is 1. The first-order valence-electron chi connectivity index (χ1n) is 5.58. The normalized spacial score (nSPS) is 17.8. The molecule has 0 radical (unpaired) electrons. The summed E-state index contributed by atoms with van der Waals surface area (Å²) in [7, 11) is 0. The predicted molar refractivity (Wildman–Crippen MR) is 63.6 cm³/mol. The van der Waals surface area contributed by atoms with E-state index in [0.717, 1.165) is 24.0 Å². The highest BCUT2D eigenvalue weighted by atomic mass is 15.0. The van der Waals surface area contributed by atoms with Gasteiger partial charge < -0.3 is 11.1 Å². The molecule has 1 aliphatic carbocycles. The Kier molecular flexibility index (Phi) is 2.55. The molecule has 0 saturated heterocycles. The minimum absolute atomic E-state index is 0.490. The van der Waals surface area contributed by atoms with Crippen molar-refractivity contribution in [1.29, 1.82) is 0 Å². The van der Waals surface area contributed by atoms with Crippen LogP contribution in [0.3, 0.4) is 0 Å². The lowest BCUT2D eigenvalue weighted by Crippen LogP contribution is -2.21. The third-order valence-electron chi connectivity index (χ3n) is 3.56. The minimum atomic E-state index is 0.490. The van der Waals surface area contributed by atoms with Crippen molar-refractivity contribution in [3.05, 3.63) is 18.3 Å². The van der Waals surface area contributed by atoms with Crippen LogP contribution >= 0.6 is 0 Å². The number of nitrogen functional groups attached to an aromatic ring is 1. The summed E-state index contributed by atoms with van der Waals surface area (Å²) in [6, 6.07) is 3.74. The van der Waals surface area contributed by atoms with Crippen molar-refractivity contribution in [2.24, 2.45) is 11.3 Å². The Morgan fingerprint density at radius 2 is 2.27 bits per heavy atom. The van der Waals surface area contributed by atoms with Crippen molar-refractivity contribution < 1.29 is 0 Å². The number of nitrogens with one attached hydrogen (secondary N) is 1. The molecular formula is C12H19N3. The van der Waals surface area contributed by atoms with Crippen LogP contribution in [0.2, 0.25) is 0 Å². The zero-order valence-corrected chi connectivity index (χ0v) is 9.46. The molecule has 15 heavy (non-hydrogen) atoms. The second kappa shape index (κ2) is 3.72. The first-order valence-corrected chi connectivity index (χ1v) is 5.58. The molecule has 1 aliphatic rings. The first kappa shape index (κ1) is 10.3. The topological polar surface area (TPSA) is 50.9 Å². The average Bonchev–Trinajstić information content (AvgIpc) is 2.98. The van der Waals surface area contributed by atoms with Gasteiger partial charge in [-0.3, -0.25) is 0 Å². The molecule has 1 fully saturated rings. The van der Waals surface area contributed by atoms with Crippen LogP contribution in [0, 0.1) is 11.3 Å². The van der Waals surface area contributed by atoms with Gasteiger partial charge in [-0.15, -0.1) is 0 Å². The Bertz CT molecular complexity index is 342. The lowest BCUT2D eigenvalue weighted by Gasteiger charge is -2.20. The van der Waals surface area contributed by atoms with Gasteiger partial charge in [0, 0.05) is 12.7 Å². The number of hydrogen-bond donors (Lipinski definition) is 2. The summed E-state index contributed by atoms with van der Waals surface area (Å²) in [5.74, 6) is 1.55. The zero-order chi connectivity index (χ0) is 10.9. The molecule has 0 spiro atoms. The molecule has 3 nitrogen and oxygen atoms in total. The van der Waals surface area contributed by atoms with Crippen molar-refractivity contribution in [1.82, 2.24) is 4.98 Å². The lowest BCUT2D eigenvalue weighted by atomic mass is 9.92. The summed E-state index contributed by atoms with van der Waals surface area (Å²) in [5, 5.41) is 3.36. The molecule has 0 unspecified atom stereocenters. The van der Waals surface area contributed by atoms with Crippen LogP contribution in [0.1, 0.15) is 26.7 Å². The van der Waals surface area contributed by atoms with Gasteiger partial charge in [0.05, 0.1) is 5.69 Å². The van der Waals surface area contributed by atoms with Gasteiger partial charge in [-0.2, -0.15) is 0 Å². The van der Waals surface area contributed by atoms with E-state index in [4.69, 9.17) is 5.73 Å². The second-order valence-electron chi connectivity index (χ2n) is 4.81. The van der Waals surface area contributed by atoms with Crippen molar-refractivity contribution in [3.63, 3.8) is 0 Å². The van der Waals surface area contributed by atoms with Gasteiger partial charge >= 0.3 is 0 Å². The molecule has 2 rings (SSSR count). The Labute approximate surface area is 91.1 Å². The van der Waals surface area contributed by atoms with Crippen molar-refractivity contribution in [3.8, 4) is 0 Å². The van der Waals surface area contributed by atoms with E-state index >= 15 is 0 Å². The third-order valence-corrected chi connectivity index (χ3v) is 3.56. The van der Waals surface area contributed by atoms with Crippen molar-refractivity contribution in [2.75, 3.05) is 17.6 Å². The molecule has 1 aromatic heterocycles. The highest BCUT2D eigenvalue weighted by molar-refractivity contribution is 5.60. The SMILES string of the molecule is CC(C)C1(CNc2ncccc2N)CC1. The monoisotopic (exact) mass is 205 g/mol. The van der Waals surface area contributed by atoms with E-state index in [1.165, 1.54) is 12.8 Å². The molecule has 0 aromatic carbocycles. The maximum atomic E-state index is 5.82. The van der Waals surface area contributed by atoms with E-state index in [9.17, 15) is 0 Å². The fourth-order valence-electron chi connectivity index (χ4n) is 1.94. The van der Waals surface area contributed by atoms with Crippen molar-refractivity contribution in [2.45, 2.75) is 26.7 Å². The molecule has 0 amide bonds. The molecule has 3 heteroatoms. The van der Waals surface area contributed by atoms with E-state index in [0.29, 0.717) is 5.41 Å². The van der Waals surface area contributed by atoms with Gasteiger partial charge in [0.1, 0.15) is 5.82 Å². The Morgan fingerprint density at radius 3 is 2.80 bits per heavy atom. The molecule has 0 aliphatic heterocycles.